The molecule has 1 aliphatic rings. The third kappa shape index (κ3) is 5.35. The van der Waals surface area contributed by atoms with Gasteiger partial charge in [0.2, 0.25) is 0 Å². The number of hydrogen-bond acceptors (Lipinski definition) is 6. The number of nitrogens with zero attached hydrogens (tertiary/aromatic N) is 1. The van der Waals surface area contributed by atoms with Crippen LogP contribution < -0.4 is 5.32 Å². The smallest absolute Gasteiger partial charge is 0.340 e. The number of hydrogen-bond donors (Lipinski definition) is 1. The lowest BCUT2D eigenvalue weighted by Gasteiger charge is -2.26. The fraction of sp³-hybridized carbons (Fsp3) is 0.333. The molecule has 8 heteroatoms. The second kappa shape index (κ2) is 9.09. The van der Waals surface area contributed by atoms with E-state index in [0.717, 1.165) is 5.69 Å². The molecule has 1 atom stereocenters. The standard InChI is InChI=1S/C21H24N2O5S/c1-2-23(17-12-13-29(26,27)15-17)20(24)14-28-21(25)18-10-6-7-11-19(18)22-16-8-4-3-5-9-16/h3-11,17,22H,2,12-15H2,1H3/t17-/m1/s1. The van der Waals surface area contributed by atoms with Gasteiger partial charge in [0.05, 0.1) is 22.8 Å². The quantitative estimate of drug-likeness (QED) is 0.698. The number of ether oxygens (including phenoxy) is 1. The molecule has 2 aromatic rings. The van der Waals surface area contributed by atoms with Gasteiger partial charge in [-0.05, 0) is 37.6 Å². The molecular weight excluding hydrogens is 392 g/mol. The Morgan fingerprint density at radius 1 is 1.10 bits per heavy atom. The van der Waals surface area contributed by atoms with E-state index in [0.29, 0.717) is 24.2 Å². The van der Waals surface area contributed by atoms with E-state index in [2.05, 4.69) is 5.32 Å². The summed E-state index contributed by atoms with van der Waals surface area (Å²) >= 11 is 0. The number of nitrogens with one attached hydrogen (secondary N) is 1. The summed E-state index contributed by atoms with van der Waals surface area (Å²) in [6, 6.07) is 15.9. The van der Waals surface area contributed by atoms with Crippen molar-refractivity contribution >= 4 is 33.1 Å². The molecular formula is C21H24N2O5S. The summed E-state index contributed by atoms with van der Waals surface area (Å²) in [5.74, 6) is -0.964. The van der Waals surface area contributed by atoms with Crippen LogP contribution in [0.2, 0.25) is 0 Å². The number of rotatable bonds is 7. The van der Waals surface area contributed by atoms with Crippen LogP contribution in [0.15, 0.2) is 54.6 Å². The van der Waals surface area contributed by atoms with Crippen LogP contribution in [0.25, 0.3) is 0 Å². The predicted molar refractivity (Wildman–Crippen MR) is 111 cm³/mol. The number of carbonyl (C=O) groups excluding carboxylic acids is 2. The van der Waals surface area contributed by atoms with E-state index in [1.807, 2.05) is 30.3 Å². The van der Waals surface area contributed by atoms with Crippen LogP contribution in [0.3, 0.4) is 0 Å². The van der Waals surface area contributed by atoms with Gasteiger partial charge in [-0.1, -0.05) is 30.3 Å². The molecule has 0 saturated carbocycles. The minimum atomic E-state index is -3.10. The molecule has 1 fully saturated rings. The molecule has 154 valence electrons. The summed E-state index contributed by atoms with van der Waals surface area (Å²) in [6.45, 7) is 1.72. The first-order chi connectivity index (χ1) is 13.9. The minimum Gasteiger partial charge on any atom is -0.452 e. The van der Waals surface area contributed by atoms with Crippen LogP contribution in [-0.4, -0.2) is 55.9 Å². The molecule has 2 aromatic carbocycles. The summed E-state index contributed by atoms with van der Waals surface area (Å²) < 4.78 is 28.6. The van der Waals surface area contributed by atoms with Crippen molar-refractivity contribution in [2.75, 3.05) is 30.0 Å². The summed E-state index contributed by atoms with van der Waals surface area (Å²) in [5.41, 5.74) is 1.71. The van der Waals surface area contributed by atoms with Crippen molar-refractivity contribution in [1.82, 2.24) is 4.90 Å². The monoisotopic (exact) mass is 416 g/mol. The Bertz CT molecular complexity index is 976. The Kier molecular flexibility index (Phi) is 6.53. The SMILES string of the molecule is CCN(C(=O)COC(=O)c1ccccc1Nc1ccccc1)[C@@H]1CCS(=O)(=O)C1. The Labute approximate surface area is 170 Å². The molecule has 0 spiro atoms. The molecule has 0 radical (unpaired) electrons. The van der Waals surface area contributed by atoms with Crippen molar-refractivity contribution in [1.29, 1.82) is 0 Å². The van der Waals surface area contributed by atoms with Crippen LogP contribution in [0.4, 0.5) is 11.4 Å². The van der Waals surface area contributed by atoms with Crippen molar-refractivity contribution in [3.63, 3.8) is 0 Å². The van der Waals surface area contributed by atoms with Gasteiger partial charge >= 0.3 is 5.97 Å². The van der Waals surface area contributed by atoms with Gasteiger partial charge in [0.15, 0.2) is 16.4 Å². The Morgan fingerprint density at radius 2 is 1.79 bits per heavy atom. The molecule has 0 unspecified atom stereocenters. The van der Waals surface area contributed by atoms with Crippen LogP contribution in [0.5, 0.6) is 0 Å². The number of carbonyl (C=O) groups is 2. The fourth-order valence-corrected chi connectivity index (χ4v) is 5.13. The van der Waals surface area contributed by atoms with Crippen molar-refractivity contribution < 1.29 is 22.7 Å². The number of para-hydroxylation sites is 2. The summed E-state index contributed by atoms with van der Waals surface area (Å²) in [5, 5.41) is 3.17. The molecule has 1 heterocycles. The summed E-state index contributed by atoms with van der Waals surface area (Å²) in [4.78, 5) is 26.6. The molecule has 0 aromatic heterocycles. The molecule has 1 N–H and O–H groups in total. The van der Waals surface area contributed by atoms with Crippen LogP contribution in [-0.2, 0) is 19.4 Å². The molecule has 3 rings (SSSR count). The number of sulfone groups is 1. The van der Waals surface area contributed by atoms with Gasteiger partial charge in [0.1, 0.15) is 0 Å². The predicted octanol–water partition coefficient (Wildman–Crippen LogP) is 2.62. The first kappa shape index (κ1) is 20.9. The number of amides is 1. The summed E-state index contributed by atoms with van der Waals surface area (Å²) in [6.07, 6.45) is 0.416. The van der Waals surface area contributed by atoms with Crippen LogP contribution >= 0.6 is 0 Å². The van der Waals surface area contributed by atoms with E-state index >= 15 is 0 Å². The topological polar surface area (TPSA) is 92.8 Å². The van der Waals surface area contributed by atoms with E-state index in [4.69, 9.17) is 4.74 Å². The van der Waals surface area contributed by atoms with Gasteiger partial charge in [-0.15, -0.1) is 0 Å². The fourth-order valence-electron chi connectivity index (χ4n) is 3.39. The molecule has 0 bridgehead atoms. The average Bonchev–Trinajstić information content (AvgIpc) is 3.07. The highest BCUT2D eigenvalue weighted by Gasteiger charge is 2.34. The highest BCUT2D eigenvalue weighted by molar-refractivity contribution is 7.91. The third-order valence-corrected chi connectivity index (χ3v) is 6.59. The van der Waals surface area contributed by atoms with Gasteiger partial charge in [-0.3, -0.25) is 4.79 Å². The lowest BCUT2D eigenvalue weighted by molar-refractivity contribution is -0.136. The van der Waals surface area contributed by atoms with Crippen molar-refractivity contribution in [2.24, 2.45) is 0 Å². The second-order valence-electron chi connectivity index (χ2n) is 6.85. The number of anilines is 2. The van der Waals surface area contributed by atoms with Crippen LogP contribution in [0.1, 0.15) is 23.7 Å². The van der Waals surface area contributed by atoms with Gasteiger partial charge < -0.3 is 15.0 Å². The van der Waals surface area contributed by atoms with Crippen LogP contribution in [0, 0.1) is 0 Å². The Hall–Kier alpha value is -2.87. The second-order valence-corrected chi connectivity index (χ2v) is 9.08. The number of esters is 1. The first-order valence-electron chi connectivity index (χ1n) is 9.47. The average molecular weight is 416 g/mol. The largest absolute Gasteiger partial charge is 0.452 e. The molecule has 1 saturated heterocycles. The van der Waals surface area contributed by atoms with E-state index in [-0.39, 0.29) is 17.5 Å². The minimum absolute atomic E-state index is 0.0373. The third-order valence-electron chi connectivity index (χ3n) is 4.84. The van der Waals surface area contributed by atoms with Gasteiger partial charge in [-0.25, -0.2) is 13.2 Å². The highest BCUT2D eigenvalue weighted by Crippen LogP contribution is 2.22. The van der Waals surface area contributed by atoms with E-state index in [1.54, 1.807) is 31.2 Å². The Morgan fingerprint density at radius 3 is 2.45 bits per heavy atom. The zero-order valence-electron chi connectivity index (χ0n) is 16.2. The van der Waals surface area contributed by atoms with E-state index in [9.17, 15) is 18.0 Å². The lowest BCUT2D eigenvalue weighted by Crippen LogP contribution is -2.43. The lowest BCUT2D eigenvalue weighted by atomic mass is 10.1. The number of benzene rings is 2. The molecule has 0 aliphatic carbocycles. The van der Waals surface area contributed by atoms with E-state index < -0.39 is 28.3 Å². The first-order valence-corrected chi connectivity index (χ1v) is 11.3. The van der Waals surface area contributed by atoms with Crippen molar-refractivity contribution in [2.45, 2.75) is 19.4 Å². The maximum atomic E-state index is 12.6. The molecule has 1 aliphatic heterocycles. The zero-order valence-corrected chi connectivity index (χ0v) is 17.0. The highest BCUT2D eigenvalue weighted by atomic mass is 32.2. The van der Waals surface area contributed by atoms with E-state index in [1.165, 1.54) is 4.90 Å². The Balaban J connectivity index is 1.64. The van der Waals surface area contributed by atoms with Crippen molar-refractivity contribution in [3.8, 4) is 0 Å². The van der Waals surface area contributed by atoms with Gasteiger partial charge in [-0.2, -0.15) is 0 Å². The zero-order chi connectivity index (χ0) is 20.9. The van der Waals surface area contributed by atoms with Crippen molar-refractivity contribution in [3.05, 3.63) is 60.2 Å². The maximum absolute atomic E-state index is 12.6. The number of likely N-dealkylation sites (N-methyl/N-ethyl adjacent to an activating group) is 1. The molecule has 29 heavy (non-hydrogen) atoms. The molecule has 7 nitrogen and oxygen atoms in total. The maximum Gasteiger partial charge on any atom is 0.340 e. The molecule has 1 amide bonds. The normalized spacial score (nSPS) is 17.5. The van der Waals surface area contributed by atoms with Gasteiger partial charge in [0, 0.05) is 18.3 Å². The summed E-state index contributed by atoms with van der Waals surface area (Å²) in [7, 11) is -3.10. The van der Waals surface area contributed by atoms with Gasteiger partial charge in [0.25, 0.3) is 5.91 Å².